The number of hydrogen-bond donors (Lipinski definition) is 1. The molecule has 2 rings (SSSR count). The Labute approximate surface area is 108 Å². The number of alkyl halides is 2. The molecule has 1 heterocycles. The average Bonchev–Trinajstić information content (AvgIpc) is 2.26. The molecule has 0 bridgehead atoms. The predicted molar refractivity (Wildman–Crippen MR) is 60.6 cm³/mol. The Morgan fingerprint density at radius 2 is 2.11 bits per heavy atom. The van der Waals surface area contributed by atoms with Gasteiger partial charge >= 0.3 is 12.0 Å². The number of nitrogens with one attached hydrogen (secondary N) is 1. The summed E-state index contributed by atoms with van der Waals surface area (Å²) in [5.74, 6) is -3.88. The largest absolute Gasteiger partial charge is 0.443 e. The van der Waals surface area contributed by atoms with Crippen molar-refractivity contribution in [2.45, 2.75) is 18.9 Å². The van der Waals surface area contributed by atoms with E-state index in [1.165, 1.54) is 12.1 Å². The molecule has 0 aliphatic carbocycles. The third-order valence-electron chi connectivity index (χ3n) is 2.63. The fourth-order valence-electron chi connectivity index (χ4n) is 1.74. The molecule has 1 aliphatic heterocycles. The zero-order chi connectivity index (χ0) is 12.6. The predicted octanol–water partition coefficient (Wildman–Crippen LogP) is 2.97. The summed E-state index contributed by atoms with van der Waals surface area (Å²) < 4.78 is 44.4. The van der Waals surface area contributed by atoms with Crippen molar-refractivity contribution in [2.75, 3.05) is 6.61 Å². The Bertz CT molecular complexity index is 468. The molecule has 3 nitrogen and oxygen atoms in total. The number of carbonyl (C=O) groups excluding carboxylic acids is 1. The number of rotatable bonds is 1. The third-order valence-corrected chi connectivity index (χ3v) is 2.63. The van der Waals surface area contributed by atoms with E-state index in [0.717, 1.165) is 6.07 Å². The number of benzene rings is 1. The molecule has 0 saturated carbocycles. The van der Waals surface area contributed by atoms with Crippen LogP contribution in [-0.4, -0.2) is 18.6 Å². The Morgan fingerprint density at radius 1 is 1.44 bits per heavy atom. The van der Waals surface area contributed by atoms with Crippen molar-refractivity contribution in [1.29, 1.82) is 0 Å². The highest BCUT2D eigenvalue weighted by atomic mass is 35.5. The molecule has 100 valence electrons. The lowest BCUT2D eigenvalue weighted by Gasteiger charge is -2.32. The van der Waals surface area contributed by atoms with Gasteiger partial charge in [0.15, 0.2) is 6.61 Å². The number of carbonyl (C=O) groups is 1. The van der Waals surface area contributed by atoms with Crippen molar-refractivity contribution < 1.29 is 22.7 Å². The summed E-state index contributed by atoms with van der Waals surface area (Å²) >= 11 is 0. The van der Waals surface area contributed by atoms with E-state index in [9.17, 15) is 18.0 Å². The maximum atomic E-state index is 13.6. The standard InChI is InChI=1S/C11H10F3NO2.ClH/c1-6-2-3-7(12)4-8(6)9-11(13,14)5-17-10(16)15-9;/h2-4,9H,5H2,1H3,(H,15,16);1H/t9-;/m0./s1. The zero-order valence-electron chi connectivity index (χ0n) is 9.38. The van der Waals surface area contributed by atoms with E-state index in [2.05, 4.69) is 4.74 Å². The Hall–Kier alpha value is -1.43. The van der Waals surface area contributed by atoms with Gasteiger partial charge in [-0.25, -0.2) is 18.0 Å². The van der Waals surface area contributed by atoms with E-state index < -0.39 is 30.5 Å². The number of aryl methyl sites for hydroxylation is 1. The zero-order valence-corrected chi connectivity index (χ0v) is 10.2. The number of hydrogen-bond acceptors (Lipinski definition) is 2. The first kappa shape index (κ1) is 14.6. The molecule has 1 atom stereocenters. The lowest BCUT2D eigenvalue weighted by atomic mass is 9.96. The monoisotopic (exact) mass is 281 g/mol. The van der Waals surface area contributed by atoms with Gasteiger partial charge in [0.05, 0.1) is 0 Å². The van der Waals surface area contributed by atoms with Crippen LogP contribution >= 0.6 is 12.4 Å². The fraction of sp³-hybridized carbons (Fsp3) is 0.364. The van der Waals surface area contributed by atoms with E-state index in [1.807, 2.05) is 5.32 Å². The molecule has 1 aromatic carbocycles. The lowest BCUT2D eigenvalue weighted by Crippen LogP contribution is -2.49. The fourth-order valence-corrected chi connectivity index (χ4v) is 1.74. The van der Waals surface area contributed by atoms with Gasteiger partial charge in [-0.3, -0.25) is 0 Å². The summed E-state index contributed by atoms with van der Waals surface area (Å²) in [4.78, 5) is 11.0. The van der Waals surface area contributed by atoms with E-state index in [-0.39, 0.29) is 18.0 Å². The average molecular weight is 282 g/mol. The minimum atomic E-state index is -3.26. The minimum Gasteiger partial charge on any atom is -0.443 e. The van der Waals surface area contributed by atoms with Crippen molar-refractivity contribution >= 4 is 18.5 Å². The number of alkyl carbamates (subject to hydrolysis) is 1. The van der Waals surface area contributed by atoms with Crippen molar-refractivity contribution in [3.8, 4) is 0 Å². The lowest BCUT2D eigenvalue weighted by molar-refractivity contribution is -0.104. The second-order valence-corrected chi connectivity index (χ2v) is 3.92. The topological polar surface area (TPSA) is 38.3 Å². The highest BCUT2D eigenvalue weighted by Gasteiger charge is 2.47. The molecular weight excluding hydrogens is 271 g/mol. The third kappa shape index (κ3) is 2.69. The van der Waals surface area contributed by atoms with Gasteiger partial charge < -0.3 is 10.1 Å². The molecule has 1 aromatic rings. The van der Waals surface area contributed by atoms with Crippen LogP contribution < -0.4 is 5.32 Å². The van der Waals surface area contributed by atoms with Crippen molar-refractivity contribution in [3.63, 3.8) is 0 Å². The highest BCUT2D eigenvalue weighted by molar-refractivity contribution is 5.85. The molecule has 1 fully saturated rings. The second-order valence-electron chi connectivity index (χ2n) is 3.92. The summed E-state index contributed by atoms with van der Waals surface area (Å²) in [6, 6.07) is 2.01. The van der Waals surface area contributed by atoms with Crippen LogP contribution in [0.25, 0.3) is 0 Å². The summed E-state index contributed by atoms with van der Waals surface area (Å²) in [6.45, 7) is 0.575. The Balaban J connectivity index is 0.00000162. The van der Waals surface area contributed by atoms with Crippen LogP contribution in [0.15, 0.2) is 18.2 Å². The van der Waals surface area contributed by atoms with Gasteiger partial charge in [0.2, 0.25) is 0 Å². The van der Waals surface area contributed by atoms with E-state index >= 15 is 0 Å². The number of ether oxygens (including phenoxy) is 1. The minimum absolute atomic E-state index is 0. The van der Waals surface area contributed by atoms with E-state index in [4.69, 9.17) is 0 Å². The molecule has 1 aliphatic rings. The van der Waals surface area contributed by atoms with Gasteiger partial charge in [0.25, 0.3) is 0 Å². The molecule has 1 saturated heterocycles. The van der Waals surface area contributed by atoms with Crippen LogP contribution in [0.3, 0.4) is 0 Å². The molecular formula is C11H11ClF3NO2. The Morgan fingerprint density at radius 3 is 2.78 bits per heavy atom. The van der Waals surface area contributed by atoms with Crippen LogP contribution in [0, 0.1) is 12.7 Å². The molecule has 1 amide bonds. The summed E-state index contributed by atoms with van der Waals surface area (Å²) in [6.07, 6.45) is -0.926. The van der Waals surface area contributed by atoms with Gasteiger partial charge in [-0.1, -0.05) is 6.07 Å². The van der Waals surface area contributed by atoms with Gasteiger partial charge in [0, 0.05) is 0 Å². The molecule has 0 spiro atoms. The first-order valence-electron chi connectivity index (χ1n) is 4.97. The van der Waals surface area contributed by atoms with Gasteiger partial charge in [-0.2, -0.15) is 0 Å². The maximum absolute atomic E-state index is 13.6. The maximum Gasteiger partial charge on any atom is 0.408 e. The van der Waals surface area contributed by atoms with Crippen molar-refractivity contribution in [3.05, 3.63) is 35.1 Å². The van der Waals surface area contributed by atoms with E-state index in [0.29, 0.717) is 5.56 Å². The first-order valence-corrected chi connectivity index (χ1v) is 4.97. The molecule has 0 aromatic heterocycles. The van der Waals surface area contributed by atoms with Crippen LogP contribution in [0.1, 0.15) is 17.2 Å². The molecule has 7 heteroatoms. The SMILES string of the molecule is Cc1ccc(F)cc1[C@@H]1NC(=O)OCC1(F)F.Cl. The summed E-state index contributed by atoms with van der Waals surface area (Å²) in [5.41, 5.74) is 0.546. The molecule has 0 unspecified atom stereocenters. The summed E-state index contributed by atoms with van der Waals surface area (Å²) in [5, 5.41) is 2.01. The van der Waals surface area contributed by atoms with Gasteiger partial charge in [0.1, 0.15) is 11.9 Å². The second kappa shape index (κ2) is 5.06. The van der Waals surface area contributed by atoms with E-state index in [1.54, 1.807) is 6.92 Å². The molecule has 1 N–H and O–H groups in total. The first-order chi connectivity index (χ1) is 7.90. The van der Waals surface area contributed by atoms with Crippen LogP contribution in [0.2, 0.25) is 0 Å². The van der Waals surface area contributed by atoms with Gasteiger partial charge in [-0.15, -0.1) is 12.4 Å². The van der Waals surface area contributed by atoms with Crippen LogP contribution in [-0.2, 0) is 4.74 Å². The van der Waals surface area contributed by atoms with Crippen molar-refractivity contribution in [1.82, 2.24) is 5.32 Å². The van der Waals surface area contributed by atoms with Gasteiger partial charge in [-0.05, 0) is 30.2 Å². The number of amides is 1. The van der Waals surface area contributed by atoms with Crippen LogP contribution in [0.4, 0.5) is 18.0 Å². The highest BCUT2D eigenvalue weighted by Crippen LogP contribution is 2.35. The molecule has 0 radical (unpaired) electrons. The number of halogens is 4. The van der Waals surface area contributed by atoms with Crippen molar-refractivity contribution in [2.24, 2.45) is 0 Å². The smallest absolute Gasteiger partial charge is 0.408 e. The summed E-state index contributed by atoms with van der Waals surface area (Å²) in [7, 11) is 0. The number of cyclic esters (lactones) is 1. The molecule has 18 heavy (non-hydrogen) atoms. The quantitative estimate of drug-likeness (QED) is 0.859. The Kier molecular flexibility index (Phi) is 4.11. The normalized spacial score (nSPS) is 21.6. The van der Waals surface area contributed by atoms with Crippen LogP contribution in [0.5, 0.6) is 0 Å².